The van der Waals surface area contributed by atoms with Crippen molar-refractivity contribution in [3.8, 4) is 0 Å². The summed E-state index contributed by atoms with van der Waals surface area (Å²) in [6, 6.07) is 16.8. The number of benzene rings is 2. The molecular weight excluding hydrogens is 330 g/mol. The van der Waals surface area contributed by atoms with Crippen molar-refractivity contribution in [1.82, 2.24) is 5.32 Å². The summed E-state index contributed by atoms with van der Waals surface area (Å²) in [5.41, 5.74) is 4.91. The van der Waals surface area contributed by atoms with E-state index in [0.29, 0.717) is 5.11 Å². The highest BCUT2D eigenvalue weighted by atomic mass is 32.1. The summed E-state index contributed by atoms with van der Waals surface area (Å²) in [4.78, 5) is 1.58. The summed E-state index contributed by atoms with van der Waals surface area (Å²) in [6.07, 6.45) is 0. The number of rotatable bonds is 5. The number of ether oxygens (including phenoxy) is 1. The van der Waals surface area contributed by atoms with Crippen LogP contribution >= 0.6 is 12.2 Å². The molecule has 3 N–H and O–H groups in total. The summed E-state index contributed by atoms with van der Waals surface area (Å²) < 4.78 is 5.45. The summed E-state index contributed by atoms with van der Waals surface area (Å²) in [5.74, 6) is 0. The van der Waals surface area contributed by atoms with Crippen LogP contribution in [0.5, 0.6) is 0 Å². The fraction of sp³-hybridized carbons (Fsp3) is 0.350. The zero-order valence-corrected chi connectivity index (χ0v) is 15.5. The highest BCUT2D eigenvalue weighted by Gasteiger charge is 2.15. The van der Waals surface area contributed by atoms with E-state index in [1.165, 1.54) is 16.7 Å². The van der Waals surface area contributed by atoms with Crippen LogP contribution in [0.1, 0.15) is 16.7 Å². The second-order valence-corrected chi connectivity index (χ2v) is 6.89. The molecule has 5 heteroatoms. The molecule has 0 radical (unpaired) electrons. The first-order valence-corrected chi connectivity index (χ1v) is 9.21. The molecule has 1 saturated heterocycles. The maximum Gasteiger partial charge on any atom is 0.171 e. The third kappa shape index (κ3) is 5.53. The highest BCUT2D eigenvalue weighted by molar-refractivity contribution is 7.80. The van der Waals surface area contributed by atoms with E-state index in [4.69, 9.17) is 17.0 Å². The van der Waals surface area contributed by atoms with Crippen LogP contribution in [0.4, 0.5) is 5.69 Å². The zero-order chi connectivity index (χ0) is 17.5. The van der Waals surface area contributed by atoms with Crippen LogP contribution in [0.15, 0.2) is 48.5 Å². The van der Waals surface area contributed by atoms with Crippen molar-refractivity contribution < 1.29 is 9.64 Å². The van der Waals surface area contributed by atoms with Gasteiger partial charge in [0, 0.05) is 17.8 Å². The first-order valence-electron chi connectivity index (χ1n) is 8.80. The van der Waals surface area contributed by atoms with Crippen LogP contribution in [-0.4, -0.2) is 31.4 Å². The SMILES string of the molecule is Cc1cccc(NC(=S)NCc2ccccc2C[NH+]2CCOCC2)c1. The van der Waals surface area contributed by atoms with Gasteiger partial charge in [0.2, 0.25) is 0 Å². The van der Waals surface area contributed by atoms with Crippen LogP contribution < -0.4 is 15.5 Å². The van der Waals surface area contributed by atoms with Crippen molar-refractivity contribution in [2.45, 2.75) is 20.0 Å². The number of hydrogen-bond donors (Lipinski definition) is 3. The molecule has 4 nitrogen and oxygen atoms in total. The predicted octanol–water partition coefficient (Wildman–Crippen LogP) is 1.90. The average Bonchev–Trinajstić information content (AvgIpc) is 2.62. The Morgan fingerprint density at radius 2 is 1.84 bits per heavy atom. The zero-order valence-electron chi connectivity index (χ0n) is 14.7. The lowest BCUT2D eigenvalue weighted by Gasteiger charge is -2.24. The van der Waals surface area contributed by atoms with Crippen molar-refractivity contribution >= 4 is 23.0 Å². The molecule has 25 heavy (non-hydrogen) atoms. The summed E-state index contributed by atoms with van der Waals surface area (Å²) in [5, 5.41) is 7.24. The number of hydrogen-bond acceptors (Lipinski definition) is 2. The largest absolute Gasteiger partial charge is 0.370 e. The molecule has 0 spiro atoms. The fourth-order valence-corrected chi connectivity index (χ4v) is 3.27. The third-order valence-electron chi connectivity index (χ3n) is 4.47. The van der Waals surface area contributed by atoms with E-state index in [1.54, 1.807) is 4.90 Å². The van der Waals surface area contributed by atoms with E-state index in [2.05, 4.69) is 54.0 Å². The predicted molar refractivity (Wildman–Crippen MR) is 106 cm³/mol. The van der Waals surface area contributed by atoms with Crippen molar-refractivity contribution in [1.29, 1.82) is 0 Å². The molecular formula is C20H26N3OS+. The smallest absolute Gasteiger partial charge is 0.171 e. The van der Waals surface area contributed by atoms with Crippen LogP contribution in [0.3, 0.4) is 0 Å². The van der Waals surface area contributed by atoms with Gasteiger partial charge in [0.15, 0.2) is 5.11 Å². The molecule has 0 aromatic heterocycles. The van der Waals surface area contributed by atoms with E-state index in [0.717, 1.165) is 45.1 Å². The molecule has 3 rings (SSSR count). The van der Waals surface area contributed by atoms with E-state index < -0.39 is 0 Å². The normalized spacial score (nSPS) is 14.9. The van der Waals surface area contributed by atoms with Crippen molar-refractivity contribution in [3.63, 3.8) is 0 Å². The monoisotopic (exact) mass is 356 g/mol. The molecule has 0 saturated carbocycles. The highest BCUT2D eigenvalue weighted by Crippen LogP contribution is 2.10. The van der Waals surface area contributed by atoms with Crippen LogP contribution in [-0.2, 0) is 17.8 Å². The minimum absolute atomic E-state index is 0.652. The van der Waals surface area contributed by atoms with Gasteiger partial charge >= 0.3 is 0 Å². The van der Waals surface area contributed by atoms with Gasteiger partial charge in [-0.3, -0.25) is 0 Å². The molecule has 1 fully saturated rings. The molecule has 2 aromatic carbocycles. The van der Waals surface area contributed by atoms with E-state index in [1.807, 2.05) is 12.1 Å². The molecule has 1 heterocycles. The number of aryl methyl sites for hydroxylation is 1. The number of morpholine rings is 1. The summed E-state index contributed by atoms with van der Waals surface area (Å²) in [7, 11) is 0. The summed E-state index contributed by atoms with van der Waals surface area (Å²) in [6.45, 7) is 7.73. The van der Waals surface area contributed by atoms with Gasteiger partial charge in [-0.25, -0.2) is 0 Å². The number of quaternary nitrogens is 1. The molecule has 0 atom stereocenters. The molecule has 1 aliphatic heterocycles. The molecule has 0 amide bonds. The summed E-state index contributed by atoms with van der Waals surface area (Å²) >= 11 is 5.44. The van der Waals surface area contributed by atoms with Gasteiger partial charge in [0.05, 0.1) is 13.2 Å². The fourth-order valence-electron chi connectivity index (χ4n) is 3.08. The number of anilines is 1. The van der Waals surface area contributed by atoms with Gasteiger partial charge < -0.3 is 20.3 Å². The first kappa shape index (κ1) is 17.9. The molecule has 0 bridgehead atoms. The van der Waals surface area contributed by atoms with Gasteiger partial charge in [-0.05, 0) is 42.4 Å². The Labute approximate surface area is 155 Å². The Hall–Kier alpha value is -1.95. The Morgan fingerprint density at radius 1 is 1.08 bits per heavy atom. The van der Waals surface area contributed by atoms with E-state index in [9.17, 15) is 0 Å². The lowest BCUT2D eigenvalue weighted by atomic mass is 10.1. The van der Waals surface area contributed by atoms with Crippen molar-refractivity contribution in [2.24, 2.45) is 0 Å². The topological polar surface area (TPSA) is 37.7 Å². The Morgan fingerprint density at radius 3 is 2.60 bits per heavy atom. The molecule has 1 aliphatic rings. The molecule has 2 aromatic rings. The lowest BCUT2D eigenvalue weighted by Crippen LogP contribution is -3.12. The second-order valence-electron chi connectivity index (χ2n) is 6.49. The molecule has 0 unspecified atom stereocenters. The van der Waals surface area contributed by atoms with E-state index in [-0.39, 0.29) is 0 Å². The average molecular weight is 357 g/mol. The van der Waals surface area contributed by atoms with Gasteiger partial charge in [0.1, 0.15) is 19.6 Å². The van der Waals surface area contributed by atoms with Gasteiger partial charge in [-0.2, -0.15) is 0 Å². The minimum Gasteiger partial charge on any atom is -0.370 e. The van der Waals surface area contributed by atoms with Crippen LogP contribution in [0.25, 0.3) is 0 Å². The standard InChI is InChI=1S/C20H25N3OS/c1-16-5-4-8-19(13-16)22-20(25)21-14-17-6-2-3-7-18(17)15-23-9-11-24-12-10-23/h2-8,13H,9-12,14-15H2,1H3,(H2,21,22,25)/p+1. The molecule has 132 valence electrons. The Bertz CT molecular complexity index is 714. The Kier molecular flexibility index (Phi) is 6.39. The van der Waals surface area contributed by atoms with Crippen molar-refractivity contribution in [2.75, 3.05) is 31.6 Å². The van der Waals surface area contributed by atoms with Crippen molar-refractivity contribution in [3.05, 3.63) is 65.2 Å². The van der Waals surface area contributed by atoms with Gasteiger partial charge in [0.25, 0.3) is 0 Å². The second kappa shape index (κ2) is 8.94. The first-order chi connectivity index (χ1) is 12.2. The maximum atomic E-state index is 5.45. The van der Waals surface area contributed by atoms with Gasteiger partial charge in [-0.1, -0.05) is 36.4 Å². The minimum atomic E-state index is 0.652. The quantitative estimate of drug-likeness (QED) is 0.716. The Balaban J connectivity index is 1.56. The van der Waals surface area contributed by atoms with E-state index >= 15 is 0 Å². The third-order valence-corrected chi connectivity index (χ3v) is 4.72. The number of thiocarbonyl (C=S) groups is 1. The van der Waals surface area contributed by atoms with Crippen LogP contribution in [0, 0.1) is 6.92 Å². The molecule has 0 aliphatic carbocycles. The lowest BCUT2D eigenvalue weighted by molar-refractivity contribution is -0.921. The maximum absolute atomic E-state index is 5.45. The van der Waals surface area contributed by atoms with Crippen LogP contribution in [0.2, 0.25) is 0 Å². The number of nitrogens with one attached hydrogen (secondary N) is 3. The van der Waals surface area contributed by atoms with Gasteiger partial charge in [-0.15, -0.1) is 0 Å².